The van der Waals surface area contributed by atoms with E-state index in [4.69, 9.17) is 4.42 Å². The van der Waals surface area contributed by atoms with Gasteiger partial charge in [0.1, 0.15) is 11.2 Å². The van der Waals surface area contributed by atoms with Crippen molar-refractivity contribution in [2.75, 3.05) is 5.32 Å². The van der Waals surface area contributed by atoms with Crippen LogP contribution in [-0.4, -0.2) is 0 Å². The largest absolute Gasteiger partial charge is 0.455 e. The maximum absolute atomic E-state index is 6.21. The molecule has 1 heterocycles. The SMILES string of the molecule is C=C(/C=C\C(=C)c1ccc(-c2ccccc2)cc1)Nc1ccc(-c2cccc3c2oc2ccccc23)cc1. The minimum absolute atomic E-state index is 0.791. The lowest BCUT2D eigenvalue weighted by atomic mass is 10.0. The zero-order valence-corrected chi connectivity index (χ0v) is 21.0. The van der Waals surface area contributed by atoms with Gasteiger partial charge in [-0.3, -0.25) is 0 Å². The Balaban J connectivity index is 1.13. The number of hydrogen-bond acceptors (Lipinski definition) is 2. The predicted molar refractivity (Wildman–Crippen MR) is 162 cm³/mol. The molecule has 0 saturated carbocycles. The van der Waals surface area contributed by atoms with E-state index in [9.17, 15) is 0 Å². The molecule has 1 N–H and O–H groups in total. The van der Waals surface area contributed by atoms with Crippen molar-refractivity contribution >= 4 is 33.2 Å². The zero-order valence-electron chi connectivity index (χ0n) is 21.0. The highest BCUT2D eigenvalue weighted by atomic mass is 16.3. The molecule has 0 unspecified atom stereocenters. The summed E-state index contributed by atoms with van der Waals surface area (Å²) in [6.07, 6.45) is 3.94. The lowest BCUT2D eigenvalue weighted by Crippen LogP contribution is -1.95. The fraction of sp³-hybridized carbons (Fsp3) is 0. The first-order chi connectivity index (χ1) is 18.7. The maximum Gasteiger partial charge on any atom is 0.143 e. The lowest BCUT2D eigenvalue weighted by Gasteiger charge is -2.09. The van der Waals surface area contributed by atoms with Gasteiger partial charge in [0.25, 0.3) is 0 Å². The lowest BCUT2D eigenvalue weighted by molar-refractivity contribution is 0.670. The number of nitrogens with one attached hydrogen (secondary N) is 1. The first-order valence-electron chi connectivity index (χ1n) is 12.7. The molecule has 0 atom stereocenters. The third-order valence-corrected chi connectivity index (χ3v) is 6.75. The molecule has 0 radical (unpaired) electrons. The van der Waals surface area contributed by atoms with E-state index in [0.29, 0.717) is 0 Å². The summed E-state index contributed by atoms with van der Waals surface area (Å²) in [4.78, 5) is 0. The van der Waals surface area contributed by atoms with Crippen LogP contribution in [0.1, 0.15) is 5.56 Å². The fourth-order valence-corrected chi connectivity index (χ4v) is 4.74. The number of allylic oxidation sites excluding steroid dienone is 3. The molecule has 0 amide bonds. The van der Waals surface area contributed by atoms with Crippen molar-refractivity contribution in [3.05, 3.63) is 158 Å². The Morgan fingerprint density at radius 3 is 2.03 bits per heavy atom. The van der Waals surface area contributed by atoms with E-state index in [1.165, 1.54) is 11.1 Å². The molecule has 0 aliphatic heterocycles. The number of anilines is 1. The molecule has 0 spiro atoms. The molecule has 2 nitrogen and oxygen atoms in total. The summed E-state index contributed by atoms with van der Waals surface area (Å²) in [5, 5.41) is 5.64. The summed E-state index contributed by atoms with van der Waals surface area (Å²) in [5.74, 6) is 0. The quantitative estimate of drug-likeness (QED) is 0.226. The summed E-state index contributed by atoms with van der Waals surface area (Å²) in [6.45, 7) is 8.39. The third kappa shape index (κ3) is 4.68. The van der Waals surface area contributed by atoms with E-state index in [2.05, 4.69) is 116 Å². The Bertz CT molecular complexity index is 1790. The van der Waals surface area contributed by atoms with Crippen molar-refractivity contribution in [1.82, 2.24) is 0 Å². The predicted octanol–water partition coefficient (Wildman–Crippen LogP) is 10.1. The van der Waals surface area contributed by atoms with Gasteiger partial charge in [-0.1, -0.05) is 122 Å². The van der Waals surface area contributed by atoms with Crippen LogP contribution in [0.5, 0.6) is 0 Å². The Kier molecular flexibility index (Phi) is 6.21. The number of fused-ring (bicyclic) bond motifs is 3. The molecule has 38 heavy (non-hydrogen) atoms. The molecule has 6 rings (SSSR count). The summed E-state index contributed by atoms with van der Waals surface area (Å²) in [7, 11) is 0. The van der Waals surface area contributed by atoms with Gasteiger partial charge >= 0.3 is 0 Å². The molecule has 0 aliphatic rings. The molecule has 5 aromatic carbocycles. The van der Waals surface area contributed by atoms with E-state index >= 15 is 0 Å². The summed E-state index contributed by atoms with van der Waals surface area (Å²) < 4.78 is 6.21. The third-order valence-electron chi connectivity index (χ3n) is 6.75. The monoisotopic (exact) mass is 489 g/mol. The molecular weight excluding hydrogens is 462 g/mol. The average molecular weight is 490 g/mol. The average Bonchev–Trinajstić information content (AvgIpc) is 3.36. The molecule has 6 aromatic rings. The van der Waals surface area contributed by atoms with Crippen LogP contribution in [0.3, 0.4) is 0 Å². The number of hydrogen-bond donors (Lipinski definition) is 1. The van der Waals surface area contributed by atoms with Gasteiger partial charge in [0.05, 0.1) is 0 Å². The van der Waals surface area contributed by atoms with Crippen molar-refractivity contribution in [1.29, 1.82) is 0 Å². The van der Waals surface area contributed by atoms with Crippen LogP contribution >= 0.6 is 0 Å². The topological polar surface area (TPSA) is 25.2 Å². The van der Waals surface area contributed by atoms with Crippen LogP contribution in [0, 0.1) is 0 Å². The van der Waals surface area contributed by atoms with Crippen molar-refractivity contribution in [3.63, 3.8) is 0 Å². The minimum atomic E-state index is 0.791. The first-order valence-corrected chi connectivity index (χ1v) is 12.7. The zero-order chi connectivity index (χ0) is 25.9. The van der Waals surface area contributed by atoms with E-state index in [0.717, 1.165) is 55.6 Å². The van der Waals surface area contributed by atoms with Crippen molar-refractivity contribution < 1.29 is 4.42 Å². The molecule has 182 valence electrons. The highest BCUT2D eigenvalue weighted by molar-refractivity contribution is 6.09. The molecule has 0 saturated heterocycles. The van der Waals surface area contributed by atoms with Gasteiger partial charge in [0.15, 0.2) is 0 Å². The fourth-order valence-electron chi connectivity index (χ4n) is 4.74. The first kappa shape index (κ1) is 23.3. The van der Waals surface area contributed by atoms with Crippen LogP contribution < -0.4 is 5.32 Å². The summed E-state index contributed by atoms with van der Waals surface area (Å²) in [5.41, 5.74) is 10.2. The van der Waals surface area contributed by atoms with Crippen LogP contribution in [0.25, 0.3) is 49.8 Å². The Labute approximate surface area is 222 Å². The smallest absolute Gasteiger partial charge is 0.143 e. The van der Waals surface area contributed by atoms with Gasteiger partial charge in [-0.05, 0) is 52.1 Å². The molecule has 0 fully saturated rings. The molecule has 0 bridgehead atoms. The molecule has 1 aromatic heterocycles. The number of para-hydroxylation sites is 2. The second kappa shape index (κ2) is 10.1. The van der Waals surface area contributed by atoms with E-state index in [1.807, 2.05) is 36.4 Å². The Hall–Kier alpha value is -5.08. The molecule has 2 heteroatoms. The Morgan fingerprint density at radius 1 is 0.579 bits per heavy atom. The van der Waals surface area contributed by atoms with Crippen LogP contribution in [0.15, 0.2) is 157 Å². The minimum Gasteiger partial charge on any atom is -0.455 e. The number of rotatable bonds is 7. The van der Waals surface area contributed by atoms with Crippen molar-refractivity contribution in [3.8, 4) is 22.3 Å². The highest BCUT2D eigenvalue weighted by Gasteiger charge is 2.11. The van der Waals surface area contributed by atoms with Gasteiger partial charge in [-0.15, -0.1) is 0 Å². The van der Waals surface area contributed by atoms with Gasteiger partial charge in [0.2, 0.25) is 0 Å². The number of benzene rings is 5. The van der Waals surface area contributed by atoms with E-state index in [1.54, 1.807) is 0 Å². The highest BCUT2D eigenvalue weighted by Crippen LogP contribution is 2.36. The van der Waals surface area contributed by atoms with E-state index in [-0.39, 0.29) is 0 Å². The van der Waals surface area contributed by atoms with Crippen molar-refractivity contribution in [2.45, 2.75) is 0 Å². The standard InChI is InChI=1S/C36H27NO/c1-25(27-17-19-29(20-18-27)28-9-4-3-5-10-28)15-16-26(2)37-31-23-21-30(22-24-31)32-12-8-13-34-33-11-6-7-14-35(33)38-36(32)34/h3-24,37H,1-2H2/b16-15-. The van der Waals surface area contributed by atoms with E-state index < -0.39 is 0 Å². The van der Waals surface area contributed by atoms with Crippen molar-refractivity contribution in [2.24, 2.45) is 0 Å². The van der Waals surface area contributed by atoms with Gasteiger partial charge in [-0.2, -0.15) is 0 Å². The normalized spacial score (nSPS) is 11.3. The van der Waals surface area contributed by atoms with Gasteiger partial charge in [-0.25, -0.2) is 0 Å². The van der Waals surface area contributed by atoms with Crippen LogP contribution in [-0.2, 0) is 0 Å². The Morgan fingerprint density at radius 2 is 1.24 bits per heavy atom. The molecular formula is C36H27NO. The molecule has 0 aliphatic carbocycles. The van der Waals surface area contributed by atoms with Crippen LogP contribution in [0.2, 0.25) is 0 Å². The maximum atomic E-state index is 6.21. The van der Waals surface area contributed by atoms with Gasteiger partial charge in [0, 0.05) is 27.7 Å². The van der Waals surface area contributed by atoms with Crippen LogP contribution in [0.4, 0.5) is 5.69 Å². The number of furan rings is 1. The summed E-state index contributed by atoms with van der Waals surface area (Å²) >= 11 is 0. The summed E-state index contributed by atoms with van der Waals surface area (Å²) in [6, 6.07) is 41.6. The second-order valence-corrected chi connectivity index (χ2v) is 9.31. The second-order valence-electron chi connectivity index (χ2n) is 9.31. The van der Waals surface area contributed by atoms with Gasteiger partial charge < -0.3 is 9.73 Å².